The fraction of sp³-hybridized carbons (Fsp3) is 0.238. The van der Waals surface area contributed by atoms with Crippen LogP contribution in [0.4, 0.5) is 0 Å². The van der Waals surface area contributed by atoms with Gasteiger partial charge in [0.1, 0.15) is 0 Å². The first-order chi connectivity index (χ1) is 10.3. The lowest BCUT2D eigenvalue weighted by molar-refractivity contribution is 0.795. The summed E-state index contributed by atoms with van der Waals surface area (Å²) in [6.45, 7) is 5.97. The number of rotatable bonds is 5. The molecule has 0 aromatic heterocycles. The first kappa shape index (κ1) is 15.1. The van der Waals surface area contributed by atoms with Crippen molar-refractivity contribution in [3.8, 4) is 11.8 Å². The fourth-order valence-corrected chi connectivity index (χ4v) is 2.17. The van der Waals surface area contributed by atoms with Gasteiger partial charge in [-0.05, 0) is 54.7 Å². The van der Waals surface area contributed by atoms with Crippen molar-refractivity contribution in [1.82, 2.24) is 0 Å². The molecule has 0 saturated heterocycles. The van der Waals surface area contributed by atoms with Crippen LogP contribution >= 0.6 is 0 Å². The van der Waals surface area contributed by atoms with E-state index in [9.17, 15) is 0 Å². The second kappa shape index (κ2) is 8.12. The molecule has 0 bridgehead atoms. The van der Waals surface area contributed by atoms with Crippen LogP contribution in [-0.2, 0) is 12.8 Å². The van der Waals surface area contributed by atoms with Crippen LogP contribution in [0.1, 0.15) is 42.0 Å². The number of hydrogen-bond donors (Lipinski definition) is 0. The van der Waals surface area contributed by atoms with Gasteiger partial charge >= 0.3 is 0 Å². The Labute approximate surface area is 128 Å². The Bertz CT molecular complexity index is 618. The molecule has 0 atom stereocenters. The van der Waals surface area contributed by atoms with Gasteiger partial charge in [0.25, 0.3) is 0 Å². The zero-order valence-electron chi connectivity index (χ0n) is 12.7. The van der Waals surface area contributed by atoms with Crippen molar-refractivity contribution in [2.24, 2.45) is 0 Å². The SMILES string of the molecule is C=CCc1ccc(C#Cc2ccc(CCCC)cc2)cc1. The Balaban J connectivity index is 2.02. The summed E-state index contributed by atoms with van der Waals surface area (Å²) in [5, 5.41) is 0. The summed E-state index contributed by atoms with van der Waals surface area (Å²) in [4.78, 5) is 0. The monoisotopic (exact) mass is 274 g/mol. The van der Waals surface area contributed by atoms with Crippen molar-refractivity contribution in [3.63, 3.8) is 0 Å². The van der Waals surface area contributed by atoms with E-state index in [1.54, 1.807) is 0 Å². The second-order valence-electron chi connectivity index (χ2n) is 5.24. The van der Waals surface area contributed by atoms with Crippen LogP contribution in [0.3, 0.4) is 0 Å². The molecule has 2 rings (SSSR count). The van der Waals surface area contributed by atoms with Crippen molar-refractivity contribution in [2.45, 2.75) is 32.6 Å². The van der Waals surface area contributed by atoms with E-state index < -0.39 is 0 Å². The van der Waals surface area contributed by atoms with Crippen molar-refractivity contribution in [1.29, 1.82) is 0 Å². The third kappa shape index (κ3) is 4.97. The quantitative estimate of drug-likeness (QED) is 0.522. The number of hydrogen-bond acceptors (Lipinski definition) is 0. The predicted molar refractivity (Wildman–Crippen MR) is 91.4 cm³/mol. The van der Waals surface area contributed by atoms with Gasteiger partial charge in [-0.1, -0.05) is 55.5 Å². The highest BCUT2D eigenvalue weighted by molar-refractivity contribution is 5.44. The molecule has 0 amide bonds. The summed E-state index contributed by atoms with van der Waals surface area (Å²) < 4.78 is 0. The molecule has 0 unspecified atom stereocenters. The maximum Gasteiger partial charge on any atom is 0.0249 e. The minimum atomic E-state index is 0.910. The van der Waals surface area contributed by atoms with E-state index in [1.165, 1.54) is 24.0 Å². The summed E-state index contributed by atoms with van der Waals surface area (Å²) in [6, 6.07) is 17.0. The highest BCUT2D eigenvalue weighted by Crippen LogP contribution is 2.08. The van der Waals surface area contributed by atoms with Gasteiger partial charge in [0.2, 0.25) is 0 Å². The third-order valence-electron chi connectivity index (χ3n) is 3.46. The van der Waals surface area contributed by atoms with E-state index in [0.29, 0.717) is 0 Å². The largest absolute Gasteiger partial charge is 0.103 e. The van der Waals surface area contributed by atoms with Gasteiger partial charge in [0.05, 0.1) is 0 Å². The Morgan fingerprint density at radius 1 is 0.857 bits per heavy atom. The maximum atomic E-state index is 3.75. The number of benzene rings is 2. The van der Waals surface area contributed by atoms with Crippen LogP contribution in [0, 0.1) is 11.8 Å². The summed E-state index contributed by atoms with van der Waals surface area (Å²) >= 11 is 0. The van der Waals surface area contributed by atoms with E-state index in [-0.39, 0.29) is 0 Å². The van der Waals surface area contributed by atoms with Crippen LogP contribution < -0.4 is 0 Å². The molecule has 0 fully saturated rings. The van der Waals surface area contributed by atoms with E-state index in [4.69, 9.17) is 0 Å². The lowest BCUT2D eigenvalue weighted by atomic mass is 10.1. The van der Waals surface area contributed by atoms with Crippen LogP contribution in [0.5, 0.6) is 0 Å². The van der Waals surface area contributed by atoms with Gasteiger partial charge in [-0.3, -0.25) is 0 Å². The normalized spacial score (nSPS) is 9.76. The molecule has 0 radical (unpaired) electrons. The molecule has 0 heteroatoms. The molecule has 2 aromatic carbocycles. The average molecular weight is 274 g/mol. The minimum absolute atomic E-state index is 0.910. The molecule has 0 spiro atoms. The summed E-state index contributed by atoms with van der Waals surface area (Å²) in [6.07, 6.45) is 6.48. The maximum absolute atomic E-state index is 3.75. The topological polar surface area (TPSA) is 0 Å². The van der Waals surface area contributed by atoms with Gasteiger partial charge in [-0.2, -0.15) is 0 Å². The van der Waals surface area contributed by atoms with E-state index in [1.807, 2.05) is 6.08 Å². The fourth-order valence-electron chi connectivity index (χ4n) is 2.17. The highest BCUT2D eigenvalue weighted by Gasteiger charge is 1.93. The summed E-state index contributed by atoms with van der Waals surface area (Å²) in [5.41, 5.74) is 4.80. The molecule has 0 heterocycles. The lowest BCUT2D eigenvalue weighted by Crippen LogP contribution is -1.85. The molecular formula is C21H22. The Morgan fingerprint density at radius 2 is 1.38 bits per heavy atom. The second-order valence-corrected chi connectivity index (χ2v) is 5.24. The first-order valence-electron chi connectivity index (χ1n) is 7.62. The van der Waals surface area contributed by atoms with Crippen molar-refractivity contribution < 1.29 is 0 Å². The van der Waals surface area contributed by atoms with Crippen LogP contribution in [0.15, 0.2) is 61.2 Å². The molecule has 0 N–H and O–H groups in total. The van der Waals surface area contributed by atoms with Gasteiger partial charge in [-0.15, -0.1) is 6.58 Å². The van der Waals surface area contributed by atoms with Gasteiger partial charge < -0.3 is 0 Å². The first-order valence-corrected chi connectivity index (χ1v) is 7.62. The lowest BCUT2D eigenvalue weighted by Gasteiger charge is -1.99. The Kier molecular flexibility index (Phi) is 5.85. The third-order valence-corrected chi connectivity index (χ3v) is 3.46. The molecular weight excluding hydrogens is 252 g/mol. The predicted octanol–water partition coefficient (Wildman–Crippen LogP) is 5.16. The van der Waals surface area contributed by atoms with Crippen molar-refractivity contribution in [3.05, 3.63) is 83.4 Å². The molecule has 0 aliphatic heterocycles. The average Bonchev–Trinajstić information content (AvgIpc) is 2.53. The summed E-state index contributed by atoms with van der Waals surface area (Å²) in [7, 11) is 0. The smallest absolute Gasteiger partial charge is 0.0249 e. The molecule has 106 valence electrons. The molecule has 0 saturated carbocycles. The summed E-state index contributed by atoms with van der Waals surface area (Å²) in [5.74, 6) is 6.44. The number of allylic oxidation sites excluding steroid dienone is 1. The number of unbranched alkanes of at least 4 members (excludes halogenated alkanes) is 1. The number of aryl methyl sites for hydroxylation is 1. The molecule has 21 heavy (non-hydrogen) atoms. The molecule has 0 aliphatic rings. The van der Waals surface area contributed by atoms with E-state index in [2.05, 4.69) is 73.9 Å². The van der Waals surface area contributed by atoms with Crippen LogP contribution in [0.25, 0.3) is 0 Å². The van der Waals surface area contributed by atoms with E-state index in [0.717, 1.165) is 24.0 Å². The van der Waals surface area contributed by atoms with Gasteiger partial charge in [-0.25, -0.2) is 0 Å². The zero-order chi connectivity index (χ0) is 14.9. The van der Waals surface area contributed by atoms with Crippen LogP contribution in [-0.4, -0.2) is 0 Å². The molecule has 0 nitrogen and oxygen atoms in total. The van der Waals surface area contributed by atoms with Gasteiger partial charge in [0.15, 0.2) is 0 Å². The van der Waals surface area contributed by atoms with E-state index >= 15 is 0 Å². The van der Waals surface area contributed by atoms with Crippen molar-refractivity contribution >= 4 is 0 Å². The zero-order valence-corrected chi connectivity index (χ0v) is 12.7. The molecule has 0 aliphatic carbocycles. The Morgan fingerprint density at radius 3 is 1.86 bits per heavy atom. The highest BCUT2D eigenvalue weighted by atomic mass is 14.0. The van der Waals surface area contributed by atoms with Crippen LogP contribution in [0.2, 0.25) is 0 Å². The Hall–Kier alpha value is -2.26. The minimum Gasteiger partial charge on any atom is -0.103 e. The molecule has 2 aromatic rings. The standard InChI is InChI=1S/C21H22/c1-3-5-7-19-10-14-21(15-11-19)17-16-20-12-8-18(6-4-2)9-13-20/h4,8-15H,2-3,5-7H2,1H3. The van der Waals surface area contributed by atoms with Crippen molar-refractivity contribution in [2.75, 3.05) is 0 Å². The van der Waals surface area contributed by atoms with Gasteiger partial charge in [0, 0.05) is 11.1 Å².